The van der Waals surface area contributed by atoms with E-state index in [1.54, 1.807) is 24.1 Å². The van der Waals surface area contributed by atoms with Gasteiger partial charge in [0, 0.05) is 13.7 Å². The predicted molar refractivity (Wildman–Crippen MR) is 51.7 cm³/mol. The van der Waals surface area contributed by atoms with Gasteiger partial charge in [-0.15, -0.1) is 11.7 Å². The molecule has 1 rings (SSSR count). The lowest BCUT2D eigenvalue weighted by Crippen LogP contribution is -2.12. The number of aryl methyl sites for hydroxylation is 1. The summed E-state index contributed by atoms with van der Waals surface area (Å²) in [5.41, 5.74) is 0.675. The second kappa shape index (κ2) is 5.51. The van der Waals surface area contributed by atoms with Gasteiger partial charge in [0.2, 0.25) is 0 Å². The van der Waals surface area contributed by atoms with Gasteiger partial charge in [-0.3, -0.25) is 0 Å². The number of hydrogen-bond acceptors (Lipinski definition) is 4. The first kappa shape index (κ1) is 10.9. The molecule has 0 unspecified atom stereocenters. The van der Waals surface area contributed by atoms with E-state index in [4.69, 9.17) is 4.74 Å². The summed E-state index contributed by atoms with van der Waals surface area (Å²) >= 11 is 0. The van der Waals surface area contributed by atoms with E-state index in [1.807, 2.05) is 0 Å². The van der Waals surface area contributed by atoms with E-state index in [1.165, 1.54) is 0 Å². The molecule has 0 radical (unpaired) electrons. The number of methoxy groups -OCH3 is 1. The van der Waals surface area contributed by atoms with Crippen molar-refractivity contribution in [1.29, 1.82) is 0 Å². The van der Waals surface area contributed by atoms with Crippen LogP contribution in [0, 0.1) is 0 Å². The maximum absolute atomic E-state index is 9.64. The third kappa shape index (κ3) is 2.65. The van der Waals surface area contributed by atoms with Crippen molar-refractivity contribution in [2.75, 3.05) is 13.7 Å². The van der Waals surface area contributed by atoms with Crippen LogP contribution in [0.3, 0.4) is 0 Å². The molecule has 14 heavy (non-hydrogen) atoms. The Kier molecular flexibility index (Phi) is 4.28. The normalized spacial score (nSPS) is 12.7. The molecule has 0 saturated heterocycles. The molecule has 0 amide bonds. The van der Waals surface area contributed by atoms with E-state index in [-0.39, 0.29) is 6.61 Å². The van der Waals surface area contributed by atoms with Crippen LogP contribution in [-0.2, 0) is 11.3 Å². The summed E-state index contributed by atoms with van der Waals surface area (Å²) in [5, 5.41) is 17.2. The highest BCUT2D eigenvalue weighted by molar-refractivity contribution is 4.99. The Morgan fingerprint density at radius 1 is 1.79 bits per heavy atom. The standard InChI is InChI=1S/C9H15N3O2/c1-3-4-5-12-8(6-10-11-12)9(13)7-14-2/h3,6,9,13H,1,4-5,7H2,2H3/t9-/m0/s1. The summed E-state index contributed by atoms with van der Waals surface area (Å²) in [5.74, 6) is 0. The predicted octanol–water partition coefficient (Wildman–Crippen LogP) is 0.534. The number of rotatable bonds is 6. The molecule has 0 aliphatic heterocycles. The zero-order chi connectivity index (χ0) is 10.4. The van der Waals surface area contributed by atoms with Crippen molar-refractivity contribution < 1.29 is 9.84 Å². The van der Waals surface area contributed by atoms with Crippen LogP contribution in [0.25, 0.3) is 0 Å². The van der Waals surface area contributed by atoms with E-state index in [0.717, 1.165) is 6.42 Å². The average molecular weight is 197 g/mol. The summed E-state index contributed by atoms with van der Waals surface area (Å²) in [6, 6.07) is 0. The lowest BCUT2D eigenvalue weighted by atomic mass is 10.3. The number of aliphatic hydroxyl groups excluding tert-OH is 1. The summed E-state index contributed by atoms with van der Waals surface area (Å²) in [7, 11) is 1.54. The van der Waals surface area contributed by atoms with Gasteiger partial charge < -0.3 is 9.84 Å². The number of aliphatic hydroxyl groups is 1. The van der Waals surface area contributed by atoms with Gasteiger partial charge in [0.1, 0.15) is 6.10 Å². The number of nitrogens with zero attached hydrogens (tertiary/aromatic N) is 3. The summed E-state index contributed by atoms with van der Waals surface area (Å²) < 4.78 is 6.51. The average Bonchev–Trinajstić information content (AvgIpc) is 2.63. The van der Waals surface area contributed by atoms with E-state index in [2.05, 4.69) is 16.9 Å². The third-order valence-electron chi connectivity index (χ3n) is 1.86. The molecule has 1 aromatic heterocycles. The molecule has 1 aromatic rings. The Hall–Kier alpha value is -1.20. The molecule has 0 aromatic carbocycles. The topological polar surface area (TPSA) is 60.2 Å². The quantitative estimate of drug-likeness (QED) is 0.676. The minimum atomic E-state index is -0.667. The van der Waals surface area contributed by atoms with Crippen LogP contribution in [0.5, 0.6) is 0 Å². The largest absolute Gasteiger partial charge is 0.384 e. The molecule has 0 bridgehead atoms. The first-order valence-electron chi connectivity index (χ1n) is 4.46. The Bertz CT molecular complexity index is 285. The van der Waals surface area contributed by atoms with Crippen LogP contribution < -0.4 is 0 Å². The van der Waals surface area contributed by atoms with Crippen LogP contribution in [-0.4, -0.2) is 33.8 Å². The van der Waals surface area contributed by atoms with Crippen molar-refractivity contribution in [3.8, 4) is 0 Å². The molecule has 0 aliphatic carbocycles. The zero-order valence-corrected chi connectivity index (χ0v) is 8.26. The number of hydrogen-bond donors (Lipinski definition) is 1. The molecular formula is C9H15N3O2. The maximum atomic E-state index is 9.64. The lowest BCUT2D eigenvalue weighted by molar-refractivity contribution is 0.0586. The number of allylic oxidation sites excluding steroid dienone is 1. The Balaban J connectivity index is 2.65. The van der Waals surface area contributed by atoms with Gasteiger partial charge in [0.05, 0.1) is 18.5 Å². The molecule has 5 nitrogen and oxygen atoms in total. The molecule has 0 fully saturated rings. The van der Waals surface area contributed by atoms with Crippen molar-refractivity contribution in [3.05, 3.63) is 24.5 Å². The van der Waals surface area contributed by atoms with E-state index >= 15 is 0 Å². The third-order valence-corrected chi connectivity index (χ3v) is 1.86. The molecule has 0 saturated carbocycles. The van der Waals surface area contributed by atoms with E-state index < -0.39 is 6.10 Å². The Morgan fingerprint density at radius 3 is 3.21 bits per heavy atom. The van der Waals surface area contributed by atoms with Crippen LogP contribution >= 0.6 is 0 Å². The first-order valence-corrected chi connectivity index (χ1v) is 4.46. The maximum Gasteiger partial charge on any atom is 0.120 e. The molecule has 5 heteroatoms. The summed E-state index contributed by atoms with van der Waals surface area (Å²) in [6.45, 7) is 4.55. The van der Waals surface area contributed by atoms with Gasteiger partial charge in [0.15, 0.2) is 0 Å². The fourth-order valence-corrected chi connectivity index (χ4v) is 1.15. The molecule has 1 N–H and O–H groups in total. The van der Waals surface area contributed by atoms with E-state index in [9.17, 15) is 5.11 Å². The Morgan fingerprint density at radius 2 is 2.57 bits per heavy atom. The van der Waals surface area contributed by atoms with E-state index in [0.29, 0.717) is 12.2 Å². The van der Waals surface area contributed by atoms with Gasteiger partial charge in [-0.05, 0) is 6.42 Å². The summed E-state index contributed by atoms with van der Waals surface area (Å²) in [6.07, 6.45) is 3.48. The number of aromatic nitrogens is 3. The molecule has 78 valence electrons. The highest BCUT2D eigenvalue weighted by atomic mass is 16.5. The minimum absolute atomic E-state index is 0.251. The summed E-state index contributed by atoms with van der Waals surface area (Å²) in [4.78, 5) is 0. The highest BCUT2D eigenvalue weighted by Gasteiger charge is 2.13. The second-order valence-electron chi connectivity index (χ2n) is 2.93. The molecule has 0 aliphatic rings. The lowest BCUT2D eigenvalue weighted by Gasteiger charge is -2.10. The zero-order valence-electron chi connectivity index (χ0n) is 8.26. The van der Waals surface area contributed by atoms with Gasteiger partial charge in [0.25, 0.3) is 0 Å². The fourth-order valence-electron chi connectivity index (χ4n) is 1.15. The van der Waals surface area contributed by atoms with Crippen LogP contribution in [0.1, 0.15) is 18.2 Å². The molecule has 1 atom stereocenters. The van der Waals surface area contributed by atoms with Crippen molar-refractivity contribution in [2.24, 2.45) is 0 Å². The van der Waals surface area contributed by atoms with Gasteiger partial charge >= 0.3 is 0 Å². The van der Waals surface area contributed by atoms with Crippen molar-refractivity contribution in [1.82, 2.24) is 15.0 Å². The van der Waals surface area contributed by atoms with Gasteiger partial charge in [-0.2, -0.15) is 0 Å². The highest BCUT2D eigenvalue weighted by Crippen LogP contribution is 2.11. The fraction of sp³-hybridized carbons (Fsp3) is 0.556. The minimum Gasteiger partial charge on any atom is -0.384 e. The van der Waals surface area contributed by atoms with Gasteiger partial charge in [-0.25, -0.2) is 4.68 Å². The number of ether oxygens (including phenoxy) is 1. The smallest absolute Gasteiger partial charge is 0.120 e. The monoisotopic (exact) mass is 197 g/mol. The molecule has 1 heterocycles. The van der Waals surface area contributed by atoms with Gasteiger partial charge in [-0.1, -0.05) is 11.3 Å². The molecular weight excluding hydrogens is 182 g/mol. The second-order valence-corrected chi connectivity index (χ2v) is 2.93. The van der Waals surface area contributed by atoms with Crippen molar-refractivity contribution >= 4 is 0 Å². The molecule has 0 spiro atoms. The Labute approximate surface area is 83.0 Å². The SMILES string of the molecule is C=CCCn1nncc1[C@@H](O)COC. The van der Waals surface area contributed by atoms with Crippen molar-refractivity contribution in [3.63, 3.8) is 0 Å². The van der Waals surface area contributed by atoms with Crippen LogP contribution in [0.4, 0.5) is 0 Å². The van der Waals surface area contributed by atoms with Crippen molar-refractivity contribution in [2.45, 2.75) is 19.1 Å². The van der Waals surface area contributed by atoms with Crippen LogP contribution in [0.15, 0.2) is 18.9 Å². The van der Waals surface area contributed by atoms with Crippen LogP contribution in [0.2, 0.25) is 0 Å². The first-order chi connectivity index (χ1) is 6.79.